The number of hydrogen-bond donors (Lipinski definition) is 0. The molecule has 1 amide bonds. The second-order valence-electron chi connectivity index (χ2n) is 9.69. The highest BCUT2D eigenvalue weighted by Crippen LogP contribution is 2.35. The molecule has 1 fully saturated rings. The fourth-order valence-corrected chi connectivity index (χ4v) is 4.42. The topological polar surface area (TPSA) is 32.8 Å². The normalized spacial score (nSPS) is 20.8. The van der Waals surface area contributed by atoms with E-state index in [1.165, 1.54) is 12.1 Å². The molecule has 2 aromatic rings. The Morgan fingerprint density at radius 1 is 1.16 bits per heavy atom. The van der Waals surface area contributed by atoms with Crippen LogP contribution in [0.1, 0.15) is 57.2 Å². The number of amides is 1. The summed E-state index contributed by atoms with van der Waals surface area (Å²) < 4.78 is 19.3. The van der Waals surface area contributed by atoms with E-state index in [2.05, 4.69) is 18.9 Å². The number of carbonyl (C=O) groups is 1. The lowest BCUT2D eigenvalue weighted by Crippen LogP contribution is -2.46. The van der Waals surface area contributed by atoms with Gasteiger partial charge in [-0.15, -0.1) is 0 Å². The molecule has 0 aliphatic carbocycles. The van der Waals surface area contributed by atoms with E-state index in [0.717, 1.165) is 30.6 Å². The van der Waals surface area contributed by atoms with Crippen LogP contribution in [-0.2, 0) is 4.74 Å². The zero-order valence-corrected chi connectivity index (χ0v) is 19.3. The lowest BCUT2D eigenvalue weighted by atomic mass is 9.80. The largest absolute Gasteiger partial charge is 0.444 e. The fraction of sp³-hybridized carbons (Fsp3) is 0.500. The summed E-state index contributed by atoms with van der Waals surface area (Å²) in [7, 11) is 2.12. The van der Waals surface area contributed by atoms with Crippen molar-refractivity contribution in [3.8, 4) is 0 Å². The maximum Gasteiger partial charge on any atom is 0.410 e. The quantitative estimate of drug-likeness (QED) is 0.600. The van der Waals surface area contributed by atoms with Crippen LogP contribution in [0.3, 0.4) is 0 Å². The van der Waals surface area contributed by atoms with Gasteiger partial charge in [0.15, 0.2) is 0 Å². The molecule has 168 valence electrons. The van der Waals surface area contributed by atoms with Crippen molar-refractivity contribution in [2.75, 3.05) is 26.7 Å². The molecular weight excluding hydrogens is 391 g/mol. The van der Waals surface area contributed by atoms with Crippen LogP contribution in [0, 0.1) is 11.7 Å². The van der Waals surface area contributed by atoms with Crippen molar-refractivity contribution in [2.45, 2.75) is 51.7 Å². The predicted octanol–water partition coefficient (Wildman–Crippen LogP) is 5.86. The van der Waals surface area contributed by atoms with Crippen molar-refractivity contribution in [3.05, 3.63) is 71.5 Å². The van der Waals surface area contributed by atoms with E-state index in [9.17, 15) is 9.18 Å². The summed E-state index contributed by atoms with van der Waals surface area (Å²) in [5.41, 5.74) is 1.65. The zero-order valence-electron chi connectivity index (χ0n) is 19.3. The Labute approximate surface area is 186 Å². The standard InChI is InChI=1S/C26H35FN2O2/c1-19(20-9-7-6-8-10-20)29(25(30)31-26(2,3)4)18-22-17-28(5)16-15-24(22)21-11-13-23(27)14-12-21/h6-14,19,22,24H,15-18H2,1-5H3/t19?,22-,24-/m0/s1. The summed E-state index contributed by atoms with van der Waals surface area (Å²) in [6, 6.07) is 16.8. The lowest BCUT2D eigenvalue weighted by molar-refractivity contribution is 0.00919. The second kappa shape index (κ2) is 9.82. The van der Waals surface area contributed by atoms with Gasteiger partial charge in [0.2, 0.25) is 0 Å². The van der Waals surface area contributed by atoms with Crippen LogP contribution in [0.15, 0.2) is 54.6 Å². The van der Waals surface area contributed by atoms with Gasteiger partial charge in [0.25, 0.3) is 0 Å². The van der Waals surface area contributed by atoms with Gasteiger partial charge in [0.05, 0.1) is 6.04 Å². The summed E-state index contributed by atoms with van der Waals surface area (Å²) in [5, 5.41) is 0. The molecule has 0 saturated carbocycles. The van der Waals surface area contributed by atoms with Crippen LogP contribution in [0.25, 0.3) is 0 Å². The monoisotopic (exact) mass is 426 g/mol. The Balaban J connectivity index is 1.89. The third-order valence-electron chi connectivity index (χ3n) is 6.04. The lowest BCUT2D eigenvalue weighted by Gasteiger charge is -2.41. The maximum atomic E-state index is 13.5. The first-order valence-corrected chi connectivity index (χ1v) is 11.1. The number of benzene rings is 2. The highest BCUT2D eigenvalue weighted by atomic mass is 19.1. The second-order valence-corrected chi connectivity index (χ2v) is 9.69. The van der Waals surface area contributed by atoms with Gasteiger partial charge in [-0.05, 0) is 82.8 Å². The van der Waals surface area contributed by atoms with Gasteiger partial charge in [0, 0.05) is 13.1 Å². The smallest absolute Gasteiger partial charge is 0.410 e. The summed E-state index contributed by atoms with van der Waals surface area (Å²) in [5.74, 6) is 0.272. The van der Waals surface area contributed by atoms with Crippen LogP contribution < -0.4 is 0 Å². The Hall–Kier alpha value is -2.40. The molecular formula is C26H35FN2O2. The van der Waals surface area contributed by atoms with Crippen LogP contribution in [-0.4, -0.2) is 48.2 Å². The van der Waals surface area contributed by atoms with E-state index in [0.29, 0.717) is 6.54 Å². The molecule has 2 aromatic carbocycles. The minimum absolute atomic E-state index is 0.114. The Morgan fingerprint density at radius 2 is 1.81 bits per heavy atom. The molecule has 1 saturated heterocycles. The maximum absolute atomic E-state index is 13.5. The fourth-order valence-electron chi connectivity index (χ4n) is 4.42. The number of hydrogen-bond acceptors (Lipinski definition) is 3. The van der Waals surface area contributed by atoms with Gasteiger partial charge in [-0.25, -0.2) is 9.18 Å². The molecule has 1 unspecified atom stereocenters. The van der Waals surface area contributed by atoms with E-state index in [-0.39, 0.29) is 29.8 Å². The molecule has 3 rings (SSSR count). The third kappa shape index (κ3) is 6.30. The minimum Gasteiger partial charge on any atom is -0.444 e. The van der Waals surface area contributed by atoms with Crippen molar-refractivity contribution in [1.29, 1.82) is 0 Å². The Kier molecular flexibility index (Phi) is 7.37. The molecule has 0 bridgehead atoms. The number of rotatable bonds is 5. The highest BCUT2D eigenvalue weighted by Gasteiger charge is 2.35. The van der Waals surface area contributed by atoms with Gasteiger partial charge < -0.3 is 14.5 Å². The molecule has 1 heterocycles. The van der Waals surface area contributed by atoms with E-state index in [4.69, 9.17) is 4.74 Å². The molecule has 5 heteroatoms. The minimum atomic E-state index is -0.564. The van der Waals surface area contributed by atoms with E-state index < -0.39 is 5.60 Å². The summed E-state index contributed by atoms with van der Waals surface area (Å²) in [6.45, 7) is 10.2. The molecule has 0 spiro atoms. The SMILES string of the molecule is CC(c1ccccc1)N(C[C@@H]1CN(C)CC[C@H]1c1ccc(F)cc1)C(=O)OC(C)(C)C. The van der Waals surface area contributed by atoms with Crippen molar-refractivity contribution in [2.24, 2.45) is 5.92 Å². The molecule has 0 N–H and O–H groups in total. The number of likely N-dealkylation sites (tertiary alicyclic amines) is 1. The molecule has 0 aromatic heterocycles. The van der Waals surface area contributed by atoms with Crippen LogP contribution in [0.2, 0.25) is 0 Å². The molecule has 1 aliphatic rings. The first kappa shape index (κ1) is 23.3. The van der Waals surface area contributed by atoms with Crippen molar-refractivity contribution < 1.29 is 13.9 Å². The van der Waals surface area contributed by atoms with Gasteiger partial charge in [-0.2, -0.15) is 0 Å². The van der Waals surface area contributed by atoms with E-state index >= 15 is 0 Å². The Bertz CT molecular complexity index is 848. The number of halogens is 1. The summed E-state index contributed by atoms with van der Waals surface area (Å²) in [6.07, 6.45) is 0.684. The van der Waals surface area contributed by atoms with Gasteiger partial charge in [-0.1, -0.05) is 42.5 Å². The number of piperidine rings is 1. The number of carbonyl (C=O) groups excluding carboxylic acids is 1. The van der Waals surface area contributed by atoms with Crippen molar-refractivity contribution >= 4 is 6.09 Å². The third-order valence-corrected chi connectivity index (χ3v) is 6.04. The number of nitrogens with zero attached hydrogens (tertiary/aromatic N) is 2. The first-order valence-electron chi connectivity index (χ1n) is 11.1. The van der Waals surface area contributed by atoms with Gasteiger partial charge in [0.1, 0.15) is 11.4 Å². The molecule has 0 radical (unpaired) electrons. The highest BCUT2D eigenvalue weighted by molar-refractivity contribution is 5.69. The van der Waals surface area contributed by atoms with Gasteiger partial charge >= 0.3 is 6.09 Å². The molecule has 1 aliphatic heterocycles. The zero-order chi connectivity index (χ0) is 22.6. The van der Waals surface area contributed by atoms with Crippen molar-refractivity contribution in [1.82, 2.24) is 9.80 Å². The van der Waals surface area contributed by atoms with E-state index in [1.807, 2.05) is 68.1 Å². The first-order chi connectivity index (χ1) is 14.6. The predicted molar refractivity (Wildman–Crippen MR) is 123 cm³/mol. The number of ether oxygens (including phenoxy) is 1. The van der Waals surface area contributed by atoms with E-state index in [1.54, 1.807) is 0 Å². The van der Waals surface area contributed by atoms with Crippen molar-refractivity contribution in [3.63, 3.8) is 0 Å². The summed E-state index contributed by atoms with van der Waals surface area (Å²) in [4.78, 5) is 17.4. The average molecular weight is 427 g/mol. The summed E-state index contributed by atoms with van der Waals surface area (Å²) >= 11 is 0. The van der Waals surface area contributed by atoms with Crippen LogP contribution in [0.4, 0.5) is 9.18 Å². The molecule has 4 nitrogen and oxygen atoms in total. The molecule has 3 atom stereocenters. The van der Waals surface area contributed by atoms with Crippen LogP contribution >= 0.6 is 0 Å². The molecule has 31 heavy (non-hydrogen) atoms. The Morgan fingerprint density at radius 3 is 2.42 bits per heavy atom. The van der Waals surface area contributed by atoms with Crippen LogP contribution in [0.5, 0.6) is 0 Å². The van der Waals surface area contributed by atoms with Gasteiger partial charge in [-0.3, -0.25) is 0 Å². The average Bonchev–Trinajstić information content (AvgIpc) is 2.72.